The second-order valence-corrected chi connectivity index (χ2v) is 6.11. The molecule has 4 unspecified atom stereocenters. The first-order valence-corrected chi connectivity index (χ1v) is 7.10. The fourth-order valence-electron chi connectivity index (χ4n) is 5.29. The maximum atomic E-state index is 12.3. The molecule has 3 saturated carbocycles. The van der Waals surface area contributed by atoms with Gasteiger partial charge in [0.05, 0.1) is 5.60 Å². The van der Waals surface area contributed by atoms with E-state index in [1.807, 2.05) is 6.92 Å². The average molecular weight is 236 g/mol. The van der Waals surface area contributed by atoms with Crippen LogP contribution in [0.2, 0.25) is 0 Å². The highest BCUT2D eigenvalue weighted by Gasteiger charge is 2.72. The SMILES string of the molecule is CCOC1CC2CCC3[C@H]4CC[C@H](C4=O)C23O1. The van der Waals surface area contributed by atoms with Crippen LogP contribution in [0.25, 0.3) is 0 Å². The summed E-state index contributed by atoms with van der Waals surface area (Å²) in [4.78, 5) is 12.3. The van der Waals surface area contributed by atoms with Gasteiger partial charge in [-0.3, -0.25) is 4.79 Å². The van der Waals surface area contributed by atoms with Gasteiger partial charge >= 0.3 is 0 Å². The van der Waals surface area contributed by atoms with Gasteiger partial charge in [-0.2, -0.15) is 0 Å². The van der Waals surface area contributed by atoms with Crippen molar-refractivity contribution >= 4 is 5.78 Å². The highest BCUT2D eigenvalue weighted by Crippen LogP contribution is 2.66. The lowest BCUT2D eigenvalue weighted by Gasteiger charge is -2.37. The topological polar surface area (TPSA) is 35.5 Å². The standard InChI is InChI=1S/C14H20O3/c1-2-16-12-7-8-3-5-10-9-4-6-11(13(9)15)14(8,10)17-12/h8-12H,2-7H2,1H3/t8?,9-,10?,11-,12?,14?/m1/s1. The number of carbonyl (C=O) groups excluding carboxylic acids is 1. The average Bonchev–Trinajstić information content (AvgIpc) is 2.95. The third-order valence-corrected chi connectivity index (χ3v) is 5.71. The first-order valence-electron chi connectivity index (χ1n) is 7.10. The van der Waals surface area contributed by atoms with Crippen LogP contribution in [0.4, 0.5) is 0 Å². The highest BCUT2D eigenvalue weighted by atomic mass is 16.7. The van der Waals surface area contributed by atoms with Crippen molar-refractivity contribution in [2.75, 3.05) is 6.61 Å². The van der Waals surface area contributed by atoms with E-state index in [2.05, 4.69) is 0 Å². The number of carbonyl (C=O) groups is 1. The lowest BCUT2D eigenvalue weighted by Crippen LogP contribution is -2.44. The van der Waals surface area contributed by atoms with Crippen molar-refractivity contribution in [3.05, 3.63) is 0 Å². The van der Waals surface area contributed by atoms with Gasteiger partial charge in [-0.25, -0.2) is 0 Å². The van der Waals surface area contributed by atoms with E-state index in [9.17, 15) is 4.79 Å². The molecule has 3 heteroatoms. The third kappa shape index (κ3) is 1.08. The summed E-state index contributed by atoms with van der Waals surface area (Å²) in [6, 6.07) is 0. The molecule has 1 spiro atoms. The molecule has 94 valence electrons. The van der Waals surface area contributed by atoms with Gasteiger partial charge in [0.2, 0.25) is 0 Å². The molecule has 0 amide bonds. The van der Waals surface area contributed by atoms with Crippen molar-refractivity contribution < 1.29 is 14.3 Å². The number of ketones is 1. The van der Waals surface area contributed by atoms with Crippen LogP contribution < -0.4 is 0 Å². The smallest absolute Gasteiger partial charge is 0.158 e. The Kier molecular flexibility index (Phi) is 2.06. The Labute approximate surface area is 102 Å². The Hall–Kier alpha value is -0.410. The molecule has 0 aromatic rings. The molecule has 6 atom stereocenters. The zero-order valence-electron chi connectivity index (χ0n) is 10.4. The maximum absolute atomic E-state index is 12.3. The molecule has 17 heavy (non-hydrogen) atoms. The molecule has 3 nitrogen and oxygen atoms in total. The lowest BCUT2D eigenvalue weighted by atomic mass is 9.74. The van der Waals surface area contributed by atoms with Crippen molar-refractivity contribution in [3.63, 3.8) is 0 Å². The zero-order valence-corrected chi connectivity index (χ0v) is 10.4. The number of hydrogen-bond donors (Lipinski definition) is 0. The Morgan fingerprint density at radius 1 is 1.35 bits per heavy atom. The van der Waals surface area contributed by atoms with Crippen molar-refractivity contribution in [3.8, 4) is 0 Å². The Balaban J connectivity index is 1.69. The molecule has 1 heterocycles. The quantitative estimate of drug-likeness (QED) is 0.737. The molecule has 3 aliphatic carbocycles. The summed E-state index contributed by atoms with van der Waals surface area (Å²) in [6.07, 6.45) is 5.60. The molecule has 0 radical (unpaired) electrons. The van der Waals surface area contributed by atoms with Crippen LogP contribution in [-0.4, -0.2) is 24.3 Å². The van der Waals surface area contributed by atoms with Crippen LogP contribution in [-0.2, 0) is 14.3 Å². The van der Waals surface area contributed by atoms with Crippen LogP contribution in [0.5, 0.6) is 0 Å². The molecule has 4 fully saturated rings. The molecule has 4 rings (SSSR count). The van der Waals surface area contributed by atoms with E-state index in [4.69, 9.17) is 9.47 Å². The molecule has 0 aromatic heterocycles. The minimum Gasteiger partial charge on any atom is -0.353 e. The van der Waals surface area contributed by atoms with E-state index >= 15 is 0 Å². The maximum Gasteiger partial charge on any atom is 0.158 e. The van der Waals surface area contributed by atoms with E-state index in [1.54, 1.807) is 0 Å². The molecule has 0 aromatic carbocycles. The molecule has 1 saturated heterocycles. The Morgan fingerprint density at radius 2 is 2.24 bits per heavy atom. The van der Waals surface area contributed by atoms with Crippen LogP contribution in [0.3, 0.4) is 0 Å². The largest absolute Gasteiger partial charge is 0.353 e. The van der Waals surface area contributed by atoms with Gasteiger partial charge in [-0.15, -0.1) is 0 Å². The van der Waals surface area contributed by atoms with Gasteiger partial charge < -0.3 is 9.47 Å². The number of rotatable bonds is 2. The third-order valence-electron chi connectivity index (χ3n) is 5.71. The van der Waals surface area contributed by atoms with Gasteiger partial charge in [0.15, 0.2) is 6.29 Å². The number of hydrogen-bond acceptors (Lipinski definition) is 3. The summed E-state index contributed by atoms with van der Waals surface area (Å²) in [5, 5.41) is 0. The van der Waals surface area contributed by atoms with Crippen molar-refractivity contribution in [1.82, 2.24) is 0 Å². The minimum absolute atomic E-state index is 0.0417. The first kappa shape index (κ1) is 10.5. The molecule has 0 N–H and O–H groups in total. The van der Waals surface area contributed by atoms with Crippen LogP contribution in [0.15, 0.2) is 0 Å². The van der Waals surface area contributed by atoms with E-state index in [-0.39, 0.29) is 17.8 Å². The Morgan fingerprint density at radius 3 is 3.06 bits per heavy atom. The predicted octanol–water partition coefficient (Wildman–Crippen LogP) is 2.14. The monoisotopic (exact) mass is 236 g/mol. The van der Waals surface area contributed by atoms with Crippen molar-refractivity contribution in [2.45, 2.75) is 50.9 Å². The first-order chi connectivity index (χ1) is 8.27. The second-order valence-electron chi connectivity index (χ2n) is 6.11. The van der Waals surface area contributed by atoms with E-state index < -0.39 is 0 Å². The fourth-order valence-corrected chi connectivity index (χ4v) is 5.29. The highest BCUT2D eigenvalue weighted by molar-refractivity contribution is 5.90. The molecule has 1 aliphatic heterocycles. The normalized spacial score (nSPS) is 55.4. The summed E-state index contributed by atoms with van der Waals surface area (Å²) < 4.78 is 12.0. The molecular weight excluding hydrogens is 216 g/mol. The number of fused-ring (bicyclic) bond motifs is 3. The molecule has 4 aliphatic rings. The predicted molar refractivity (Wildman–Crippen MR) is 61.3 cm³/mol. The van der Waals surface area contributed by atoms with Crippen molar-refractivity contribution in [1.29, 1.82) is 0 Å². The zero-order chi connectivity index (χ0) is 11.6. The summed E-state index contributed by atoms with van der Waals surface area (Å²) in [5.74, 6) is 2.14. The van der Waals surface area contributed by atoms with Crippen LogP contribution in [0, 0.1) is 23.7 Å². The second kappa shape index (κ2) is 3.33. The van der Waals surface area contributed by atoms with Crippen LogP contribution >= 0.6 is 0 Å². The summed E-state index contributed by atoms with van der Waals surface area (Å²) >= 11 is 0. The Bertz CT molecular complexity index is 366. The van der Waals surface area contributed by atoms with Crippen molar-refractivity contribution in [2.24, 2.45) is 23.7 Å². The fraction of sp³-hybridized carbons (Fsp3) is 0.929. The molecular formula is C14H20O3. The molecule has 2 bridgehead atoms. The van der Waals surface area contributed by atoms with Gasteiger partial charge in [0.25, 0.3) is 0 Å². The lowest BCUT2D eigenvalue weighted by molar-refractivity contribution is -0.195. The van der Waals surface area contributed by atoms with E-state index in [0.717, 1.165) is 19.3 Å². The summed E-state index contributed by atoms with van der Waals surface area (Å²) in [5.41, 5.74) is -0.0974. The minimum atomic E-state index is -0.0974. The van der Waals surface area contributed by atoms with E-state index in [1.165, 1.54) is 12.8 Å². The van der Waals surface area contributed by atoms with Gasteiger partial charge in [-0.1, -0.05) is 0 Å². The summed E-state index contributed by atoms with van der Waals surface area (Å²) in [6.45, 7) is 2.72. The van der Waals surface area contributed by atoms with E-state index in [0.29, 0.717) is 30.1 Å². The summed E-state index contributed by atoms with van der Waals surface area (Å²) in [7, 11) is 0. The number of Topliss-reactive ketones (excluding diaryl/α,β-unsaturated/α-hetero) is 1. The number of ether oxygens (including phenoxy) is 2. The van der Waals surface area contributed by atoms with Gasteiger partial charge in [-0.05, 0) is 44.4 Å². The van der Waals surface area contributed by atoms with Gasteiger partial charge in [0, 0.05) is 24.9 Å². The van der Waals surface area contributed by atoms with Crippen LogP contribution in [0.1, 0.15) is 39.0 Å². The van der Waals surface area contributed by atoms with Gasteiger partial charge in [0.1, 0.15) is 5.78 Å².